The van der Waals surface area contributed by atoms with Gasteiger partial charge in [0.05, 0.1) is 0 Å². The largest absolute Gasteiger partial charge is 0.330 e. The smallest absolute Gasteiger partial charge is 0.0174 e. The topological polar surface area (TPSA) is 52.0 Å². The Balaban J connectivity index is 3.93. The van der Waals surface area contributed by atoms with Crippen molar-refractivity contribution in [2.24, 2.45) is 17.4 Å². The van der Waals surface area contributed by atoms with Gasteiger partial charge in [-0.3, -0.25) is 0 Å². The van der Waals surface area contributed by atoms with E-state index in [1.165, 1.54) is 0 Å². The molecule has 0 saturated heterocycles. The lowest BCUT2D eigenvalue weighted by atomic mass is 9.79. The van der Waals surface area contributed by atoms with Crippen molar-refractivity contribution in [1.29, 1.82) is 0 Å². The van der Waals surface area contributed by atoms with Crippen LogP contribution in [0.3, 0.4) is 0 Å². The molecule has 0 saturated carbocycles. The summed E-state index contributed by atoms with van der Waals surface area (Å²) in [5, 5.41) is 0. The SMILES string of the molecule is CCC(N)(CC)C(C)CCCN. The Hall–Kier alpha value is -0.0800. The highest BCUT2D eigenvalue weighted by molar-refractivity contribution is 4.86. The van der Waals surface area contributed by atoms with E-state index in [1.807, 2.05) is 0 Å². The third kappa shape index (κ3) is 3.11. The summed E-state index contributed by atoms with van der Waals surface area (Å²) in [6.07, 6.45) is 4.39. The Bertz CT molecular complexity index is 108. The van der Waals surface area contributed by atoms with Gasteiger partial charge in [-0.25, -0.2) is 0 Å². The van der Waals surface area contributed by atoms with Crippen molar-refractivity contribution in [3.63, 3.8) is 0 Å². The first kappa shape index (κ1) is 11.9. The second kappa shape index (κ2) is 5.55. The van der Waals surface area contributed by atoms with Crippen LogP contribution in [0.25, 0.3) is 0 Å². The van der Waals surface area contributed by atoms with Crippen LogP contribution in [0.15, 0.2) is 0 Å². The lowest BCUT2D eigenvalue weighted by Crippen LogP contribution is -2.45. The molecule has 0 amide bonds. The Morgan fingerprint density at radius 2 is 1.75 bits per heavy atom. The van der Waals surface area contributed by atoms with Gasteiger partial charge in [0.2, 0.25) is 0 Å². The van der Waals surface area contributed by atoms with E-state index >= 15 is 0 Å². The molecule has 1 atom stereocenters. The number of hydrogen-bond donors (Lipinski definition) is 2. The van der Waals surface area contributed by atoms with E-state index in [0.29, 0.717) is 5.92 Å². The number of nitrogens with two attached hydrogens (primary N) is 2. The zero-order valence-electron chi connectivity index (χ0n) is 8.77. The summed E-state index contributed by atoms with van der Waals surface area (Å²) in [6.45, 7) is 7.36. The Morgan fingerprint density at radius 1 is 1.25 bits per heavy atom. The minimum Gasteiger partial charge on any atom is -0.330 e. The molecule has 2 heteroatoms. The molecule has 0 spiro atoms. The summed E-state index contributed by atoms with van der Waals surface area (Å²) in [5.41, 5.74) is 11.7. The molecule has 0 heterocycles. The average molecular weight is 172 g/mol. The van der Waals surface area contributed by atoms with Crippen LogP contribution in [0.2, 0.25) is 0 Å². The fourth-order valence-electron chi connectivity index (χ4n) is 1.66. The predicted octanol–water partition coefficient (Wildman–Crippen LogP) is 1.88. The number of hydrogen-bond acceptors (Lipinski definition) is 2. The van der Waals surface area contributed by atoms with Crippen LogP contribution >= 0.6 is 0 Å². The van der Waals surface area contributed by atoms with Gasteiger partial charge in [0.25, 0.3) is 0 Å². The van der Waals surface area contributed by atoms with Crippen LogP contribution in [-0.2, 0) is 0 Å². The molecule has 0 bridgehead atoms. The Kier molecular flexibility index (Phi) is 5.51. The molecule has 0 aliphatic rings. The minimum atomic E-state index is 0.0369. The second-order valence-corrected chi connectivity index (χ2v) is 3.77. The maximum atomic E-state index is 6.24. The third-order valence-electron chi connectivity index (χ3n) is 3.14. The van der Waals surface area contributed by atoms with Crippen LogP contribution < -0.4 is 11.5 Å². The van der Waals surface area contributed by atoms with E-state index in [0.717, 1.165) is 32.2 Å². The van der Waals surface area contributed by atoms with Crippen LogP contribution in [0.4, 0.5) is 0 Å². The number of rotatable bonds is 6. The van der Waals surface area contributed by atoms with Crippen LogP contribution in [-0.4, -0.2) is 12.1 Å². The van der Waals surface area contributed by atoms with E-state index < -0.39 is 0 Å². The first-order chi connectivity index (χ1) is 5.60. The summed E-state index contributed by atoms with van der Waals surface area (Å²) in [7, 11) is 0. The fourth-order valence-corrected chi connectivity index (χ4v) is 1.66. The van der Waals surface area contributed by atoms with Gasteiger partial charge in [-0.05, 0) is 38.1 Å². The highest BCUT2D eigenvalue weighted by Gasteiger charge is 2.26. The van der Waals surface area contributed by atoms with E-state index in [4.69, 9.17) is 11.5 Å². The molecule has 4 N–H and O–H groups in total. The van der Waals surface area contributed by atoms with E-state index in [2.05, 4.69) is 20.8 Å². The molecule has 12 heavy (non-hydrogen) atoms. The van der Waals surface area contributed by atoms with E-state index in [9.17, 15) is 0 Å². The molecule has 0 aliphatic heterocycles. The van der Waals surface area contributed by atoms with Gasteiger partial charge in [-0.1, -0.05) is 20.8 Å². The molecule has 0 aromatic heterocycles. The lowest BCUT2D eigenvalue weighted by Gasteiger charge is -2.33. The van der Waals surface area contributed by atoms with Gasteiger partial charge in [0, 0.05) is 5.54 Å². The van der Waals surface area contributed by atoms with Gasteiger partial charge in [-0.15, -0.1) is 0 Å². The molecule has 2 nitrogen and oxygen atoms in total. The van der Waals surface area contributed by atoms with Crippen LogP contribution in [0.1, 0.15) is 46.5 Å². The fraction of sp³-hybridized carbons (Fsp3) is 1.00. The first-order valence-electron chi connectivity index (χ1n) is 5.09. The molecule has 0 aromatic rings. The average Bonchev–Trinajstić information content (AvgIpc) is 2.12. The van der Waals surface area contributed by atoms with Crippen molar-refractivity contribution in [1.82, 2.24) is 0 Å². The van der Waals surface area contributed by atoms with Crippen molar-refractivity contribution in [3.8, 4) is 0 Å². The van der Waals surface area contributed by atoms with Crippen LogP contribution in [0.5, 0.6) is 0 Å². The summed E-state index contributed by atoms with van der Waals surface area (Å²) in [6, 6.07) is 0. The summed E-state index contributed by atoms with van der Waals surface area (Å²) in [4.78, 5) is 0. The van der Waals surface area contributed by atoms with E-state index in [1.54, 1.807) is 0 Å². The quantitative estimate of drug-likeness (QED) is 0.642. The summed E-state index contributed by atoms with van der Waals surface area (Å²) < 4.78 is 0. The second-order valence-electron chi connectivity index (χ2n) is 3.77. The molecular formula is C10H24N2. The van der Waals surface area contributed by atoms with Gasteiger partial charge < -0.3 is 11.5 Å². The van der Waals surface area contributed by atoms with Gasteiger partial charge in [0.1, 0.15) is 0 Å². The standard InChI is InChI=1S/C10H24N2/c1-4-10(12,5-2)9(3)7-6-8-11/h9H,4-8,11-12H2,1-3H3. The third-order valence-corrected chi connectivity index (χ3v) is 3.14. The van der Waals surface area contributed by atoms with Gasteiger partial charge >= 0.3 is 0 Å². The maximum absolute atomic E-state index is 6.24. The van der Waals surface area contributed by atoms with Gasteiger partial charge in [0.15, 0.2) is 0 Å². The highest BCUT2D eigenvalue weighted by atomic mass is 14.7. The molecule has 0 rings (SSSR count). The van der Waals surface area contributed by atoms with Gasteiger partial charge in [-0.2, -0.15) is 0 Å². The molecular weight excluding hydrogens is 148 g/mol. The normalized spacial score (nSPS) is 14.8. The lowest BCUT2D eigenvalue weighted by molar-refractivity contribution is 0.253. The van der Waals surface area contributed by atoms with Crippen molar-refractivity contribution in [3.05, 3.63) is 0 Å². The molecule has 0 aromatic carbocycles. The Labute approximate surface area is 76.7 Å². The zero-order chi connectivity index (χ0) is 9.61. The first-order valence-corrected chi connectivity index (χ1v) is 5.09. The van der Waals surface area contributed by atoms with Crippen molar-refractivity contribution >= 4 is 0 Å². The molecule has 0 aliphatic carbocycles. The van der Waals surface area contributed by atoms with Crippen molar-refractivity contribution in [2.45, 2.75) is 52.0 Å². The van der Waals surface area contributed by atoms with Crippen molar-refractivity contribution in [2.75, 3.05) is 6.54 Å². The predicted molar refractivity (Wildman–Crippen MR) is 55.0 cm³/mol. The van der Waals surface area contributed by atoms with Crippen LogP contribution in [0, 0.1) is 5.92 Å². The molecule has 0 fully saturated rings. The minimum absolute atomic E-state index is 0.0369. The zero-order valence-corrected chi connectivity index (χ0v) is 8.77. The maximum Gasteiger partial charge on any atom is 0.0174 e. The Morgan fingerprint density at radius 3 is 2.08 bits per heavy atom. The van der Waals surface area contributed by atoms with Crippen molar-refractivity contribution < 1.29 is 0 Å². The summed E-state index contributed by atoms with van der Waals surface area (Å²) in [5.74, 6) is 0.594. The summed E-state index contributed by atoms with van der Waals surface area (Å²) >= 11 is 0. The van der Waals surface area contributed by atoms with E-state index in [-0.39, 0.29) is 5.54 Å². The molecule has 0 radical (unpaired) electrons. The molecule has 74 valence electrons. The monoisotopic (exact) mass is 172 g/mol. The highest BCUT2D eigenvalue weighted by Crippen LogP contribution is 2.25. The molecule has 1 unspecified atom stereocenters.